The number of anilines is 2. The van der Waals surface area contributed by atoms with Crippen molar-refractivity contribution in [2.45, 2.75) is 40.2 Å². The fourth-order valence-electron chi connectivity index (χ4n) is 4.00. The monoisotopic (exact) mass is 506 g/mol. The summed E-state index contributed by atoms with van der Waals surface area (Å²) in [4.78, 5) is 44.3. The van der Waals surface area contributed by atoms with Gasteiger partial charge in [0.2, 0.25) is 0 Å². The summed E-state index contributed by atoms with van der Waals surface area (Å²) in [6, 6.07) is 14.9. The number of thiophene rings is 1. The predicted octanol–water partition coefficient (Wildman–Crippen LogP) is 4.14. The molecule has 1 amide bonds. The molecule has 9 nitrogen and oxygen atoms in total. The quantitative estimate of drug-likeness (QED) is 0.354. The van der Waals surface area contributed by atoms with Crippen LogP contribution in [-0.4, -0.2) is 31.8 Å². The average molecular weight is 507 g/mol. The number of para-hydroxylation sites is 1. The minimum Gasteiger partial charge on any atom is -0.383 e. The Balaban J connectivity index is 1.89. The van der Waals surface area contributed by atoms with Crippen molar-refractivity contribution in [3.63, 3.8) is 0 Å². The summed E-state index contributed by atoms with van der Waals surface area (Å²) in [5.74, 6) is -0.426. The molecule has 4 aromatic rings. The van der Waals surface area contributed by atoms with Gasteiger partial charge < -0.3 is 5.73 Å². The largest absolute Gasteiger partial charge is 0.383 e. The molecule has 0 saturated heterocycles. The molecule has 188 valence electrons. The first-order valence-electron chi connectivity index (χ1n) is 12.0. The molecule has 4 rings (SSSR count). The fourth-order valence-corrected chi connectivity index (χ4v) is 4.68. The standard InChI is InChI=1S/C26H30N6O3S/c1-4-5-13-30-23(27)22(24(33)28-26(30)35)31(16-17(2)3)25(34)20-15-19(21-12-9-14-36-21)29-32(20)18-10-7-6-8-11-18/h6-12,14-15,17H,4-5,13,16,27H2,1-3H3,(H,28,33,35). The number of aromatic nitrogens is 4. The van der Waals surface area contributed by atoms with Crippen LogP contribution in [0.1, 0.15) is 44.1 Å². The zero-order chi connectivity index (χ0) is 25.8. The molecule has 3 N–H and O–H groups in total. The van der Waals surface area contributed by atoms with Crippen molar-refractivity contribution in [3.05, 3.63) is 80.4 Å². The lowest BCUT2D eigenvalue weighted by Gasteiger charge is -2.26. The molecule has 0 bridgehead atoms. The molecule has 36 heavy (non-hydrogen) atoms. The first-order chi connectivity index (χ1) is 17.3. The van der Waals surface area contributed by atoms with Crippen LogP contribution in [0.15, 0.2) is 63.5 Å². The molecule has 0 saturated carbocycles. The van der Waals surface area contributed by atoms with E-state index in [2.05, 4.69) is 4.98 Å². The Morgan fingerprint density at radius 2 is 1.92 bits per heavy atom. The highest BCUT2D eigenvalue weighted by Crippen LogP contribution is 2.28. The van der Waals surface area contributed by atoms with Gasteiger partial charge in [0.25, 0.3) is 11.5 Å². The third kappa shape index (κ3) is 5.03. The first kappa shape index (κ1) is 25.2. The third-order valence-corrected chi connectivity index (χ3v) is 6.61. The number of amides is 1. The van der Waals surface area contributed by atoms with Crippen LogP contribution in [0.3, 0.4) is 0 Å². The molecule has 0 radical (unpaired) electrons. The Morgan fingerprint density at radius 1 is 1.17 bits per heavy atom. The summed E-state index contributed by atoms with van der Waals surface area (Å²) < 4.78 is 2.91. The van der Waals surface area contributed by atoms with Gasteiger partial charge in [0.1, 0.15) is 17.2 Å². The number of hydrogen-bond donors (Lipinski definition) is 2. The van der Waals surface area contributed by atoms with Crippen LogP contribution >= 0.6 is 11.3 Å². The second-order valence-corrected chi connectivity index (χ2v) is 9.90. The number of nitrogens with one attached hydrogen (secondary N) is 1. The van der Waals surface area contributed by atoms with Crippen LogP contribution in [0.25, 0.3) is 16.3 Å². The molecule has 0 fully saturated rings. The van der Waals surface area contributed by atoms with E-state index in [1.54, 1.807) is 10.7 Å². The molecular weight excluding hydrogens is 476 g/mol. The number of nitrogens with two attached hydrogens (primary N) is 1. The highest BCUT2D eigenvalue weighted by Gasteiger charge is 2.29. The highest BCUT2D eigenvalue weighted by molar-refractivity contribution is 7.13. The maximum atomic E-state index is 14.1. The van der Waals surface area contributed by atoms with E-state index < -0.39 is 17.2 Å². The van der Waals surface area contributed by atoms with Gasteiger partial charge in [0.05, 0.1) is 10.6 Å². The van der Waals surface area contributed by atoms with Crippen LogP contribution < -0.4 is 21.9 Å². The molecule has 0 aliphatic heterocycles. The summed E-state index contributed by atoms with van der Waals surface area (Å²) in [5.41, 5.74) is 6.73. The van der Waals surface area contributed by atoms with Crippen LogP contribution in [-0.2, 0) is 6.54 Å². The second kappa shape index (κ2) is 10.8. The van der Waals surface area contributed by atoms with Crippen molar-refractivity contribution in [2.75, 3.05) is 17.2 Å². The molecule has 0 spiro atoms. The Bertz CT molecular complexity index is 1450. The number of carbonyl (C=O) groups excluding carboxylic acids is 1. The first-order valence-corrected chi connectivity index (χ1v) is 12.8. The molecule has 3 aromatic heterocycles. The number of hydrogen-bond acceptors (Lipinski definition) is 6. The SMILES string of the molecule is CCCCn1c(N)c(N(CC(C)C)C(=O)c2cc(-c3cccs3)nn2-c2ccccc2)c(=O)[nH]c1=O. The molecule has 10 heteroatoms. The molecule has 0 atom stereocenters. The van der Waals surface area contributed by atoms with Gasteiger partial charge in [-0.2, -0.15) is 5.10 Å². The van der Waals surface area contributed by atoms with E-state index in [9.17, 15) is 14.4 Å². The van der Waals surface area contributed by atoms with E-state index in [0.717, 1.165) is 11.3 Å². The maximum absolute atomic E-state index is 14.1. The highest BCUT2D eigenvalue weighted by atomic mass is 32.1. The van der Waals surface area contributed by atoms with Crippen LogP contribution in [0.2, 0.25) is 0 Å². The zero-order valence-corrected chi connectivity index (χ0v) is 21.4. The summed E-state index contributed by atoms with van der Waals surface area (Å²) in [5, 5.41) is 6.67. The second-order valence-electron chi connectivity index (χ2n) is 8.95. The van der Waals surface area contributed by atoms with E-state index >= 15 is 0 Å². The van der Waals surface area contributed by atoms with E-state index in [1.807, 2.05) is 68.6 Å². The molecule has 1 aromatic carbocycles. The van der Waals surface area contributed by atoms with Crippen molar-refractivity contribution >= 4 is 28.7 Å². The maximum Gasteiger partial charge on any atom is 0.330 e. The number of carbonyl (C=O) groups is 1. The number of nitrogen functional groups attached to an aromatic ring is 1. The number of benzene rings is 1. The van der Waals surface area contributed by atoms with Gasteiger partial charge in [-0.3, -0.25) is 24.0 Å². The van der Waals surface area contributed by atoms with Crippen molar-refractivity contribution in [1.29, 1.82) is 0 Å². The van der Waals surface area contributed by atoms with Crippen LogP contribution in [0.5, 0.6) is 0 Å². The fraction of sp³-hybridized carbons (Fsp3) is 0.308. The van der Waals surface area contributed by atoms with Gasteiger partial charge in [-0.1, -0.05) is 51.5 Å². The topological polar surface area (TPSA) is 119 Å². The zero-order valence-electron chi connectivity index (χ0n) is 20.6. The van der Waals surface area contributed by atoms with Gasteiger partial charge in [-0.15, -0.1) is 11.3 Å². The molecule has 3 heterocycles. The van der Waals surface area contributed by atoms with Crippen molar-refractivity contribution in [2.24, 2.45) is 5.92 Å². The smallest absolute Gasteiger partial charge is 0.330 e. The van der Waals surface area contributed by atoms with Crippen molar-refractivity contribution in [3.8, 4) is 16.3 Å². The molecular formula is C26H30N6O3S. The lowest BCUT2D eigenvalue weighted by Crippen LogP contribution is -2.43. The number of rotatable bonds is 9. The van der Waals surface area contributed by atoms with Crippen LogP contribution in [0, 0.1) is 5.92 Å². The van der Waals surface area contributed by atoms with Crippen molar-refractivity contribution < 1.29 is 4.79 Å². The summed E-state index contributed by atoms with van der Waals surface area (Å²) in [6.45, 7) is 6.47. The lowest BCUT2D eigenvalue weighted by atomic mass is 10.1. The minimum atomic E-state index is -0.691. The Hall–Kier alpha value is -3.92. The van der Waals surface area contributed by atoms with Crippen molar-refractivity contribution in [1.82, 2.24) is 19.3 Å². The number of nitrogens with zero attached hydrogens (tertiary/aromatic N) is 4. The molecule has 0 unspecified atom stereocenters. The molecule has 0 aliphatic rings. The number of unbranched alkanes of at least 4 members (excludes halogenated alkanes) is 1. The van der Waals surface area contributed by atoms with Crippen LogP contribution in [0.4, 0.5) is 11.5 Å². The van der Waals surface area contributed by atoms with Gasteiger partial charge >= 0.3 is 5.69 Å². The summed E-state index contributed by atoms with van der Waals surface area (Å²) in [6.07, 6.45) is 1.55. The van der Waals surface area contributed by atoms with E-state index in [-0.39, 0.29) is 29.7 Å². The van der Waals surface area contributed by atoms with E-state index in [4.69, 9.17) is 10.8 Å². The van der Waals surface area contributed by atoms with Gasteiger partial charge in [-0.05, 0) is 42.0 Å². The number of aromatic amines is 1. The van der Waals surface area contributed by atoms with E-state index in [1.165, 1.54) is 20.8 Å². The lowest BCUT2D eigenvalue weighted by molar-refractivity contribution is 0.0976. The summed E-state index contributed by atoms with van der Waals surface area (Å²) >= 11 is 1.52. The molecule has 0 aliphatic carbocycles. The van der Waals surface area contributed by atoms with Gasteiger partial charge in [0, 0.05) is 13.1 Å². The normalized spacial score (nSPS) is 11.2. The Morgan fingerprint density at radius 3 is 2.56 bits per heavy atom. The Kier molecular flexibility index (Phi) is 7.54. The average Bonchev–Trinajstić information content (AvgIpc) is 3.53. The Labute approximate surface area is 212 Å². The van der Waals surface area contributed by atoms with Gasteiger partial charge in [-0.25, -0.2) is 9.48 Å². The predicted molar refractivity (Wildman–Crippen MR) is 144 cm³/mol. The third-order valence-electron chi connectivity index (χ3n) is 5.72. The minimum absolute atomic E-state index is 0.0181. The number of H-pyrrole nitrogens is 1. The van der Waals surface area contributed by atoms with E-state index in [0.29, 0.717) is 24.3 Å². The summed E-state index contributed by atoms with van der Waals surface area (Å²) in [7, 11) is 0. The van der Waals surface area contributed by atoms with Gasteiger partial charge in [0.15, 0.2) is 5.69 Å².